The highest BCUT2D eigenvalue weighted by Crippen LogP contribution is 2.16. The molecule has 0 spiro atoms. The number of nitrogens with zero attached hydrogens (tertiary/aromatic N) is 1. The number of aryl methyl sites for hydroxylation is 2. The second-order valence-electron chi connectivity index (χ2n) is 4.51. The Kier molecular flexibility index (Phi) is 5.85. The van der Waals surface area contributed by atoms with Crippen LogP contribution in [0.4, 0.5) is 0 Å². The van der Waals surface area contributed by atoms with E-state index in [0.29, 0.717) is 13.0 Å². The Morgan fingerprint density at radius 1 is 1.44 bits per heavy atom. The van der Waals surface area contributed by atoms with E-state index in [9.17, 15) is 4.79 Å². The Morgan fingerprint density at radius 3 is 2.72 bits per heavy atom. The predicted molar refractivity (Wildman–Crippen MR) is 68.2 cm³/mol. The third-order valence-corrected chi connectivity index (χ3v) is 2.90. The van der Waals surface area contributed by atoms with Gasteiger partial charge in [0.15, 0.2) is 0 Å². The van der Waals surface area contributed by atoms with Crippen LogP contribution in [-0.4, -0.2) is 29.3 Å². The molecule has 1 aromatic heterocycles. The van der Waals surface area contributed by atoms with Gasteiger partial charge in [0.05, 0.1) is 12.1 Å². The molecule has 102 valence electrons. The van der Waals surface area contributed by atoms with Crippen LogP contribution in [0.25, 0.3) is 0 Å². The molecule has 0 radical (unpaired) electrons. The van der Waals surface area contributed by atoms with Gasteiger partial charge in [0.1, 0.15) is 5.76 Å². The number of hydrogen-bond donors (Lipinski definition) is 2. The first-order valence-electron chi connectivity index (χ1n) is 6.46. The van der Waals surface area contributed by atoms with Crippen molar-refractivity contribution < 1.29 is 14.4 Å². The summed E-state index contributed by atoms with van der Waals surface area (Å²) in [6.45, 7) is 6.42. The molecule has 18 heavy (non-hydrogen) atoms. The van der Waals surface area contributed by atoms with Crippen molar-refractivity contribution in [3.05, 3.63) is 17.0 Å². The number of aromatic nitrogens is 1. The van der Waals surface area contributed by atoms with Gasteiger partial charge in [-0.3, -0.25) is 4.79 Å². The summed E-state index contributed by atoms with van der Waals surface area (Å²) in [6.07, 6.45) is 1.80. The zero-order valence-corrected chi connectivity index (χ0v) is 11.3. The SMILES string of the molecule is CCc1noc(CC)c1CC(=O)NCC(C)CO. The van der Waals surface area contributed by atoms with Crippen molar-refractivity contribution in [2.45, 2.75) is 40.0 Å². The molecule has 0 aliphatic rings. The topological polar surface area (TPSA) is 75.4 Å². The smallest absolute Gasteiger partial charge is 0.224 e. The van der Waals surface area contributed by atoms with Crippen molar-refractivity contribution in [1.82, 2.24) is 10.5 Å². The first-order valence-corrected chi connectivity index (χ1v) is 6.46. The summed E-state index contributed by atoms with van der Waals surface area (Å²) in [7, 11) is 0. The van der Waals surface area contributed by atoms with Crippen LogP contribution >= 0.6 is 0 Å². The molecular formula is C13H22N2O3. The summed E-state index contributed by atoms with van der Waals surface area (Å²) in [6, 6.07) is 0. The molecule has 2 N–H and O–H groups in total. The van der Waals surface area contributed by atoms with Gasteiger partial charge in [0.2, 0.25) is 5.91 Å². The monoisotopic (exact) mass is 254 g/mol. The maximum atomic E-state index is 11.8. The van der Waals surface area contributed by atoms with Crippen LogP contribution in [0.2, 0.25) is 0 Å². The molecule has 0 aromatic carbocycles. The largest absolute Gasteiger partial charge is 0.396 e. The Bertz CT molecular complexity index is 366. The van der Waals surface area contributed by atoms with Crippen LogP contribution in [0.5, 0.6) is 0 Å². The lowest BCUT2D eigenvalue weighted by atomic mass is 10.1. The molecule has 0 fully saturated rings. The van der Waals surface area contributed by atoms with E-state index in [0.717, 1.165) is 29.9 Å². The number of amides is 1. The van der Waals surface area contributed by atoms with Crippen molar-refractivity contribution in [3.8, 4) is 0 Å². The normalized spacial score (nSPS) is 12.4. The molecule has 1 heterocycles. The number of nitrogens with one attached hydrogen (secondary N) is 1. The van der Waals surface area contributed by atoms with Gasteiger partial charge in [-0.1, -0.05) is 25.9 Å². The fourth-order valence-corrected chi connectivity index (χ4v) is 1.71. The van der Waals surface area contributed by atoms with Crippen LogP contribution in [0.3, 0.4) is 0 Å². The molecule has 5 heteroatoms. The minimum atomic E-state index is -0.0529. The minimum absolute atomic E-state index is 0.0529. The van der Waals surface area contributed by atoms with Gasteiger partial charge in [0.25, 0.3) is 0 Å². The average molecular weight is 254 g/mol. The van der Waals surface area contributed by atoms with E-state index in [1.165, 1.54) is 0 Å². The number of aliphatic hydroxyl groups is 1. The van der Waals surface area contributed by atoms with E-state index < -0.39 is 0 Å². The van der Waals surface area contributed by atoms with Crippen LogP contribution in [0.15, 0.2) is 4.52 Å². The number of hydrogen-bond acceptors (Lipinski definition) is 4. The molecule has 5 nitrogen and oxygen atoms in total. The summed E-state index contributed by atoms with van der Waals surface area (Å²) in [5.41, 5.74) is 1.77. The Hall–Kier alpha value is -1.36. The number of carbonyl (C=O) groups is 1. The fraction of sp³-hybridized carbons (Fsp3) is 0.692. The van der Waals surface area contributed by atoms with Gasteiger partial charge in [0, 0.05) is 25.1 Å². The highest BCUT2D eigenvalue weighted by molar-refractivity contribution is 5.79. The van der Waals surface area contributed by atoms with E-state index in [1.54, 1.807) is 0 Å². The van der Waals surface area contributed by atoms with E-state index in [4.69, 9.17) is 9.63 Å². The summed E-state index contributed by atoms with van der Waals surface area (Å²) in [4.78, 5) is 11.8. The van der Waals surface area contributed by atoms with Gasteiger partial charge < -0.3 is 14.9 Å². The van der Waals surface area contributed by atoms with Gasteiger partial charge in [-0.2, -0.15) is 0 Å². The summed E-state index contributed by atoms with van der Waals surface area (Å²) in [5, 5.41) is 15.7. The van der Waals surface area contributed by atoms with E-state index >= 15 is 0 Å². The fourth-order valence-electron chi connectivity index (χ4n) is 1.71. The zero-order valence-electron chi connectivity index (χ0n) is 11.3. The quantitative estimate of drug-likeness (QED) is 0.763. The average Bonchev–Trinajstić information content (AvgIpc) is 2.77. The van der Waals surface area contributed by atoms with Crippen molar-refractivity contribution in [1.29, 1.82) is 0 Å². The molecule has 0 saturated heterocycles. The minimum Gasteiger partial charge on any atom is -0.396 e. The van der Waals surface area contributed by atoms with Crippen molar-refractivity contribution in [2.75, 3.05) is 13.2 Å². The van der Waals surface area contributed by atoms with Gasteiger partial charge in [-0.15, -0.1) is 0 Å². The third kappa shape index (κ3) is 3.84. The molecule has 0 saturated carbocycles. The lowest BCUT2D eigenvalue weighted by Crippen LogP contribution is -2.31. The second kappa shape index (κ2) is 7.16. The van der Waals surface area contributed by atoms with Crippen molar-refractivity contribution in [2.24, 2.45) is 5.92 Å². The standard InChI is InChI=1S/C13H22N2O3/c1-4-11-10(12(5-2)18-15-11)6-13(17)14-7-9(3)8-16/h9,16H,4-8H2,1-3H3,(H,14,17). The summed E-state index contributed by atoms with van der Waals surface area (Å²) >= 11 is 0. The second-order valence-corrected chi connectivity index (χ2v) is 4.51. The highest BCUT2D eigenvalue weighted by Gasteiger charge is 2.16. The molecule has 0 aliphatic heterocycles. The molecular weight excluding hydrogens is 232 g/mol. The van der Waals surface area contributed by atoms with Gasteiger partial charge in [-0.05, 0) is 12.3 Å². The van der Waals surface area contributed by atoms with Crippen LogP contribution < -0.4 is 5.32 Å². The zero-order chi connectivity index (χ0) is 13.5. The van der Waals surface area contributed by atoms with Crippen molar-refractivity contribution in [3.63, 3.8) is 0 Å². The molecule has 1 unspecified atom stereocenters. The molecule has 0 aliphatic carbocycles. The Labute approximate surface area is 108 Å². The first-order chi connectivity index (χ1) is 8.62. The van der Waals surface area contributed by atoms with E-state index in [2.05, 4.69) is 10.5 Å². The Balaban J connectivity index is 2.60. The van der Waals surface area contributed by atoms with Gasteiger partial charge in [-0.25, -0.2) is 0 Å². The van der Waals surface area contributed by atoms with Gasteiger partial charge >= 0.3 is 0 Å². The highest BCUT2D eigenvalue weighted by atomic mass is 16.5. The van der Waals surface area contributed by atoms with E-state index in [-0.39, 0.29) is 18.4 Å². The molecule has 1 rings (SSSR count). The number of carbonyl (C=O) groups excluding carboxylic acids is 1. The lowest BCUT2D eigenvalue weighted by Gasteiger charge is -2.09. The third-order valence-electron chi connectivity index (χ3n) is 2.90. The van der Waals surface area contributed by atoms with Crippen molar-refractivity contribution >= 4 is 5.91 Å². The Morgan fingerprint density at radius 2 is 2.17 bits per heavy atom. The van der Waals surface area contributed by atoms with Crippen LogP contribution in [0, 0.1) is 5.92 Å². The molecule has 1 aromatic rings. The molecule has 1 atom stereocenters. The first kappa shape index (κ1) is 14.7. The maximum Gasteiger partial charge on any atom is 0.224 e. The van der Waals surface area contributed by atoms with E-state index in [1.807, 2.05) is 20.8 Å². The number of rotatable bonds is 7. The maximum absolute atomic E-state index is 11.8. The predicted octanol–water partition coefficient (Wildman–Crippen LogP) is 1.09. The number of aliphatic hydroxyl groups excluding tert-OH is 1. The van der Waals surface area contributed by atoms with Crippen LogP contribution in [-0.2, 0) is 24.1 Å². The summed E-state index contributed by atoms with van der Waals surface area (Å²) in [5.74, 6) is 0.813. The molecule has 1 amide bonds. The lowest BCUT2D eigenvalue weighted by molar-refractivity contribution is -0.120. The summed E-state index contributed by atoms with van der Waals surface area (Å²) < 4.78 is 5.21. The molecule has 0 bridgehead atoms. The van der Waals surface area contributed by atoms with Crippen LogP contribution in [0.1, 0.15) is 37.8 Å².